The van der Waals surface area contributed by atoms with Crippen LogP contribution in [0, 0.1) is 0 Å². The highest BCUT2D eigenvalue weighted by Gasteiger charge is 2.56. The predicted octanol–water partition coefficient (Wildman–Crippen LogP) is 2.34. The summed E-state index contributed by atoms with van der Waals surface area (Å²) >= 11 is 8.69. The summed E-state index contributed by atoms with van der Waals surface area (Å²) in [5, 5.41) is 0. The maximum atomic E-state index is 4.35. The first kappa shape index (κ1) is 19.6. The van der Waals surface area contributed by atoms with E-state index < -0.39 is 0 Å². The molecule has 0 saturated heterocycles. The molecule has 0 aliphatic heterocycles. The third-order valence-corrected chi connectivity index (χ3v) is 5.27. The van der Waals surface area contributed by atoms with Gasteiger partial charge in [-0.1, -0.05) is 13.3 Å². The Labute approximate surface area is 143 Å². The van der Waals surface area contributed by atoms with Gasteiger partial charge in [-0.25, -0.2) is 0 Å². The van der Waals surface area contributed by atoms with Gasteiger partial charge in [-0.3, -0.25) is 0 Å². The molecule has 2 atom stereocenters. The van der Waals surface area contributed by atoms with Gasteiger partial charge in [-0.05, 0) is 71.5 Å². The minimum atomic E-state index is 0.677. The highest BCUT2D eigenvalue weighted by Crippen LogP contribution is 2.37. The van der Waals surface area contributed by atoms with Crippen LogP contribution >= 0.6 is 25.3 Å². The van der Waals surface area contributed by atoms with Gasteiger partial charge < -0.3 is 14.7 Å². The van der Waals surface area contributed by atoms with Crippen molar-refractivity contribution in [3.63, 3.8) is 0 Å². The van der Waals surface area contributed by atoms with Crippen molar-refractivity contribution in [2.75, 3.05) is 52.3 Å². The molecule has 3 nitrogen and oxygen atoms in total. The van der Waals surface area contributed by atoms with Crippen LogP contribution in [0.3, 0.4) is 0 Å². The van der Waals surface area contributed by atoms with E-state index in [0.717, 1.165) is 24.6 Å². The topological polar surface area (TPSA) is 9.72 Å². The molecule has 0 aromatic rings. The molecule has 5 heteroatoms. The van der Waals surface area contributed by atoms with Gasteiger partial charge in [0.15, 0.2) is 0 Å². The van der Waals surface area contributed by atoms with Crippen molar-refractivity contribution in [1.82, 2.24) is 14.7 Å². The maximum absolute atomic E-state index is 4.35. The van der Waals surface area contributed by atoms with E-state index in [0.29, 0.717) is 18.1 Å². The number of nitrogens with zero attached hydrogens (tertiary/aromatic N) is 3. The Bertz CT molecular complexity index is 229. The van der Waals surface area contributed by atoms with Crippen LogP contribution in [0.15, 0.2) is 0 Å². The first-order valence-corrected chi connectivity index (χ1v) is 9.67. The third-order valence-electron chi connectivity index (χ3n) is 4.64. The fourth-order valence-electron chi connectivity index (χ4n) is 3.32. The van der Waals surface area contributed by atoms with E-state index >= 15 is 0 Å². The van der Waals surface area contributed by atoms with Gasteiger partial charge >= 0.3 is 0 Å². The average molecular weight is 334 g/mol. The first-order valence-electron chi connectivity index (χ1n) is 8.40. The van der Waals surface area contributed by atoms with Crippen LogP contribution in [-0.2, 0) is 0 Å². The molecule has 1 aliphatic carbocycles. The molecule has 1 fully saturated rings. The number of hydrogen-bond donors (Lipinski definition) is 2. The predicted molar refractivity (Wildman–Crippen MR) is 101 cm³/mol. The quantitative estimate of drug-likeness (QED) is 0.531. The normalized spacial score (nSPS) is 25.3. The lowest BCUT2D eigenvalue weighted by atomic mass is 10.3. The second-order valence-electron chi connectivity index (χ2n) is 6.42. The number of thiol groups is 2. The molecule has 0 amide bonds. The van der Waals surface area contributed by atoms with Crippen molar-refractivity contribution in [2.45, 2.75) is 50.7 Å². The lowest BCUT2D eigenvalue weighted by Crippen LogP contribution is -2.32. The number of likely N-dealkylation sites (N-methyl/N-ethyl adjacent to an activating group) is 3. The smallest absolute Gasteiger partial charge is 0.0435 e. The summed E-state index contributed by atoms with van der Waals surface area (Å²) in [6, 6.07) is 2.04. The lowest BCUT2D eigenvalue weighted by molar-refractivity contribution is 0.249. The van der Waals surface area contributed by atoms with Crippen LogP contribution in [0.2, 0.25) is 0 Å². The fourth-order valence-corrected chi connectivity index (χ4v) is 3.61. The molecule has 0 aromatic heterocycles. The standard InChI is InChI=1S/C16H35N3S2/c1-5-6-9-17(2)14-15(18(3)10-7-12-20)16(14)19(4)11-8-13-21/h14-16,20-21H,5-13H2,1-4H3. The van der Waals surface area contributed by atoms with E-state index in [1.165, 1.54) is 32.2 Å². The minimum absolute atomic E-state index is 0.677. The number of hydrogen-bond acceptors (Lipinski definition) is 5. The summed E-state index contributed by atoms with van der Waals surface area (Å²) in [4.78, 5) is 7.67. The van der Waals surface area contributed by atoms with Crippen LogP contribution in [0.5, 0.6) is 0 Å². The minimum Gasteiger partial charge on any atom is -0.300 e. The van der Waals surface area contributed by atoms with Crippen LogP contribution in [0.25, 0.3) is 0 Å². The van der Waals surface area contributed by atoms with E-state index in [2.05, 4.69) is 68.0 Å². The van der Waals surface area contributed by atoms with Crippen molar-refractivity contribution in [1.29, 1.82) is 0 Å². The zero-order valence-corrected chi connectivity index (χ0v) is 16.1. The molecule has 2 unspecified atom stereocenters. The summed E-state index contributed by atoms with van der Waals surface area (Å²) in [7, 11) is 6.86. The van der Waals surface area contributed by atoms with Gasteiger partial charge in [-0.15, -0.1) is 0 Å². The third kappa shape index (κ3) is 5.94. The molecule has 126 valence electrons. The molecule has 0 heterocycles. The van der Waals surface area contributed by atoms with Gasteiger partial charge in [0.2, 0.25) is 0 Å². The van der Waals surface area contributed by atoms with Crippen molar-refractivity contribution in [2.24, 2.45) is 0 Å². The summed E-state index contributed by atoms with van der Waals surface area (Å²) < 4.78 is 0. The molecular weight excluding hydrogens is 298 g/mol. The fraction of sp³-hybridized carbons (Fsp3) is 1.00. The largest absolute Gasteiger partial charge is 0.300 e. The monoisotopic (exact) mass is 333 g/mol. The van der Waals surface area contributed by atoms with Crippen molar-refractivity contribution in [3.05, 3.63) is 0 Å². The van der Waals surface area contributed by atoms with E-state index in [1.807, 2.05) is 0 Å². The summed E-state index contributed by atoms with van der Waals surface area (Å²) in [6.07, 6.45) is 4.92. The molecule has 1 rings (SSSR count). The van der Waals surface area contributed by atoms with Crippen LogP contribution in [0.1, 0.15) is 32.6 Å². The Kier molecular flexibility index (Phi) is 9.69. The molecular formula is C16H35N3S2. The summed E-state index contributed by atoms with van der Waals surface area (Å²) in [5.41, 5.74) is 0. The highest BCUT2D eigenvalue weighted by atomic mass is 32.1. The zero-order valence-electron chi connectivity index (χ0n) is 14.3. The number of unbranched alkanes of at least 4 members (excludes halogenated alkanes) is 1. The van der Waals surface area contributed by atoms with Gasteiger partial charge in [-0.2, -0.15) is 25.3 Å². The van der Waals surface area contributed by atoms with Crippen LogP contribution in [0.4, 0.5) is 0 Å². The van der Waals surface area contributed by atoms with Crippen LogP contribution in [-0.4, -0.2) is 85.1 Å². The van der Waals surface area contributed by atoms with Crippen molar-refractivity contribution >= 4 is 25.3 Å². The summed E-state index contributed by atoms with van der Waals surface area (Å²) in [5.74, 6) is 1.96. The molecule has 1 aliphatic rings. The van der Waals surface area contributed by atoms with Gasteiger partial charge in [0.05, 0.1) is 0 Å². The van der Waals surface area contributed by atoms with Gasteiger partial charge in [0.25, 0.3) is 0 Å². The first-order chi connectivity index (χ1) is 10.1. The Morgan fingerprint density at radius 3 is 1.29 bits per heavy atom. The Balaban J connectivity index is 2.58. The molecule has 0 bridgehead atoms. The Hall–Kier alpha value is 0.580. The summed E-state index contributed by atoms with van der Waals surface area (Å²) in [6.45, 7) is 5.80. The van der Waals surface area contributed by atoms with Crippen molar-refractivity contribution < 1.29 is 0 Å². The molecule has 0 spiro atoms. The van der Waals surface area contributed by atoms with E-state index in [9.17, 15) is 0 Å². The average Bonchev–Trinajstić information content (AvgIpc) is 3.23. The SMILES string of the molecule is CCCCN(C)C1C(N(C)CCCS)C1N(C)CCCS. The lowest BCUT2D eigenvalue weighted by Gasteiger charge is -2.20. The second kappa shape index (κ2) is 10.4. The van der Waals surface area contributed by atoms with Crippen LogP contribution < -0.4 is 0 Å². The molecule has 0 radical (unpaired) electrons. The maximum Gasteiger partial charge on any atom is 0.0435 e. The molecule has 1 saturated carbocycles. The van der Waals surface area contributed by atoms with E-state index in [1.54, 1.807) is 0 Å². The highest BCUT2D eigenvalue weighted by molar-refractivity contribution is 7.80. The van der Waals surface area contributed by atoms with Crippen molar-refractivity contribution in [3.8, 4) is 0 Å². The molecule has 0 N–H and O–H groups in total. The Morgan fingerprint density at radius 1 is 0.667 bits per heavy atom. The molecule has 0 aromatic carbocycles. The zero-order chi connectivity index (χ0) is 15.8. The van der Waals surface area contributed by atoms with Gasteiger partial charge in [0, 0.05) is 18.1 Å². The molecule has 21 heavy (non-hydrogen) atoms. The van der Waals surface area contributed by atoms with E-state index in [-0.39, 0.29) is 0 Å². The number of rotatable bonds is 12. The second-order valence-corrected chi connectivity index (χ2v) is 7.32. The Morgan fingerprint density at radius 2 is 1.00 bits per heavy atom. The van der Waals surface area contributed by atoms with E-state index in [4.69, 9.17) is 0 Å². The van der Waals surface area contributed by atoms with Gasteiger partial charge in [0.1, 0.15) is 0 Å².